The summed E-state index contributed by atoms with van der Waals surface area (Å²) in [6.07, 6.45) is 2.57. The molecule has 2 aromatic rings. The van der Waals surface area contributed by atoms with Gasteiger partial charge in [-0.2, -0.15) is 0 Å². The van der Waals surface area contributed by atoms with Gasteiger partial charge in [-0.25, -0.2) is 0 Å². The average molecular weight is 275 g/mol. The Morgan fingerprint density at radius 3 is 2.35 bits per heavy atom. The maximum absolute atomic E-state index is 5.76. The van der Waals surface area contributed by atoms with Gasteiger partial charge in [0.25, 0.3) is 0 Å². The standard InChI is InChI=1S/C16H21NO3/c1-17(2)15(16-5-4-11-20-16)10-12-19-14-8-6-13(18-3)7-9-14/h4-9,11,15H,10,12H2,1-3H3. The van der Waals surface area contributed by atoms with E-state index in [0.29, 0.717) is 6.61 Å². The van der Waals surface area contributed by atoms with Gasteiger partial charge < -0.3 is 13.9 Å². The van der Waals surface area contributed by atoms with E-state index in [9.17, 15) is 0 Å². The highest BCUT2D eigenvalue weighted by atomic mass is 16.5. The Labute approximate surface area is 119 Å². The van der Waals surface area contributed by atoms with E-state index in [4.69, 9.17) is 13.9 Å². The first kappa shape index (κ1) is 14.5. The molecule has 0 aliphatic heterocycles. The van der Waals surface area contributed by atoms with Gasteiger partial charge in [0.2, 0.25) is 0 Å². The van der Waals surface area contributed by atoms with Crippen molar-refractivity contribution in [3.05, 3.63) is 48.4 Å². The van der Waals surface area contributed by atoms with Gasteiger partial charge in [-0.1, -0.05) is 0 Å². The van der Waals surface area contributed by atoms with Crippen molar-refractivity contribution in [2.75, 3.05) is 27.8 Å². The monoisotopic (exact) mass is 275 g/mol. The Bertz CT molecular complexity index is 491. The summed E-state index contributed by atoms with van der Waals surface area (Å²) in [6, 6.07) is 11.8. The zero-order valence-corrected chi connectivity index (χ0v) is 12.2. The quantitative estimate of drug-likeness (QED) is 0.776. The van der Waals surface area contributed by atoms with E-state index >= 15 is 0 Å². The highest BCUT2D eigenvalue weighted by Crippen LogP contribution is 2.23. The lowest BCUT2D eigenvalue weighted by Crippen LogP contribution is -2.21. The van der Waals surface area contributed by atoms with E-state index in [1.807, 2.05) is 50.5 Å². The number of nitrogens with zero attached hydrogens (tertiary/aromatic N) is 1. The second-order valence-corrected chi connectivity index (χ2v) is 4.81. The van der Waals surface area contributed by atoms with Gasteiger partial charge in [0, 0.05) is 6.42 Å². The summed E-state index contributed by atoms with van der Waals surface area (Å²) >= 11 is 0. The van der Waals surface area contributed by atoms with Crippen molar-refractivity contribution in [1.29, 1.82) is 0 Å². The molecule has 0 spiro atoms. The molecule has 2 rings (SSSR count). The third-order valence-corrected chi connectivity index (χ3v) is 3.21. The lowest BCUT2D eigenvalue weighted by Gasteiger charge is -2.22. The largest absolute Gasteiger partial charge is 0.497 e. The smallest absolute Gasteiger partial charge is 0.121 e. The van der Waals surface area contributed by atoms with E-state index in [1.165, 1.54) is 0 Å². The highest BCUT2D eigenvalue weighted by molar-refractivity contribution is 5.31. The van der Waals surface area contributed by atoms with Gasteiger partial charge in [-0.05, 0) is 50.5 Å². The van der Waals surface area contributed by atoms with Crippen LogP contribution in [0, 0.1) is 0 Å². The molecule has 0 saturated carbocycles. The predicted molar refractivity (Wildman–Crippen MR) is 78.2 cm³/mol. The van der Waals surface area contributed by atoms with Gasteiger partial charge in [-0.15, -0.1) is 0 Å². The second-order valence-electron chi connectivity index (χ2n) is 4.81. The fourth-order valence-electron chi connectivity index (χ4n) is 2.10. The van der Waals surface area contributed by atoms with Crippen LogP contribution >= 0.6 is 0 Å². The van der Waals surface area contributed by atoms with Crippen molar-refractivity contribution in [3.63, 3.8) is 0 Å². The van der Waals surface area contributed by atoms with Gasteiger partial charge >= 0.3 is 0 Å². The number of rotatable bonds is 7. The molecule has 4 nitrogen and oxygen atoms in total. The second kappa shape index (κ2) is 7.01. The van der Waals surface area contributed by atoms with Crippen LogP contribution < -0.4 is 9.47 Å². The lowest BCUT2D eigenvalue weighted by atomic mass is 10.1. The minimum atomic E-state index is 0.225. The predicted octanol–water partition coefficient (Wildman–Crippen LogP) is 3.36. The van der Waals surface area contributed by atoms with Crippen LogP contribution in [-0.2, 0) is 0 Å². The molecule has 0 radical (unpaired) electrons. The van der Waals surface area contributed by atoms with Crippen LogP contribution in [-0.4, -0.2) is 32.7 Å². The van der Waals surface area contributed by atoms with Gasteiger partial charge in [0.05, 0.1) is 26.0 Å². The Morgan fingerprint density at radius 1 is 1.10 bits per heavy atom. The molecular weight excluding hydrogens is 254 g/mol. The van der Waals surface area contributed by atoms with E-state index in [0.717, 1.165) is 23.7 Å². The van der Waals surface area contributed by atoms with Crippen LogP contribution in [0.2, 0.25) is 0 Å². The molecule has 0 bridgehead atoms. The molecule has 0 saturated heterocycles. The normalized spacial score (nSPS) is 12.4. The molecule has 1 heterocycles. The van der Waals surface area contributed by atoms with Crippen LogP contribution in [0.5, 0.6) is 11.5 Å². The molecule has 0 amide bonds. The Morgan fingerprint density at radius 2 is 1.80 bits per heavy atom. The molecular formula is C16H21NO3. The fourth-order valence-corrected chi connectivity index (χ4v) is 2.10. The van der Waals surface area contributed by atoms with E-state index in [2.05, 4.69) is 4.90 Å². The van der Waals surface area contributed by atoms with E-state index < -0.39 is 0 Å². The van der Waals surface area contributed by atoms with Crippen LogP contribution in [0.1, 0.15) is 18.2 Å². The SMILES string of the molecule is COc1ccc(OCCC(c2ccco2)N(C)C)cc1. The Kier molecular flexibility index (Phi) is 5.07. The van der Waals surface area contributed by atoms with Crippen LogP contribution in [0.4, 0.5) is 0 Å². The van der Waals surface area contributed by atoms with Crippen molar-refractivity contribution >= 4 is 0 Å². The van der Waals surface area contributed by atoms with Gasteiger partial charge in [-0.3, -0.25) is 4.90 Å². The molecule has 1 unspecified atom stereocenters. The first-order chi connectivity index (χ1) is 9.70. The zero-order valence-electron chi connectivity index (χ0n) is 12.2. The number of ether oxygens (including phenoxy) is 2. The van der Waals surface area contributed by atoms with Crippen LogP contribution in [0.25, 0.3) is 0 Å². The minimum absolute atomic E-state index is 0.225. The fraction of sp³-hybridized carbons (Fsp3) is 0.375. The molecule has 1 atom stereocenters. The summed E-state index contributed by atoms with van der Waals surface area (Å²) in [5, 5.41) is 0. The van der Waals surface area contributed by atoms with Gasteiger partial charge in [0.15, 0.2) is 0 Å². The molecule has 0 aliphatic rings. The number of hydrogen-bond acceptors (Lipinski definition) is 4. The van der Waals surface area contributed by atoms with Crippen LogP contribution in [0.3, 0.4) is 0 Å². The summed E-state index contributed by atoms with van der Waals surface area (Å²) in [5.74, 6) is 2.65. The molecule has 20 heavy (non-hydrogen) atoms. The maximum atomic E-state index is 5.76. The number of methoxy groups -OCH3 is 1. The summed E-state index contributed by atoms with van der Waals surface area (Å²) in [6.45, 7) is 0.635. The third kappa shape index (κ3) is 3.78. The molecule has 0 aliphatic carbocycles. The Hall–Kier alpha value is -1.94. The van der Waals surface area contributed by atoms with E-state index in [-0.39, 0.29) is 6.04 Å². The van der Waals surface area contributed by atoms with Crippen molar-refractivity contribution in [1.82, 2.24) is 4.90 Å². The molecule has 4 heteroatoms. The summed E-state index contributed by atoms with van der Waals surface area (Å²) in [7, 11) is 5.74. The highest BCUT2D eigenvalue weighted by Gasteiger charge is 2.16. The summed E-state index contributed by atoms with van der Waals surface area (Å²) in [5.41, 5.74) is 0. The topological polar surface area (TPSA) is 34.8 Å². The van der Waals surface area contributed by atoms with E-state index in [1.54, 1.807) is 13.4 Å². The first-order valence-corrected chi connectivity index (χ1v) is 6.67. The van der Waals surface area contributed by atoms with Crippen molar-refractivity contribution in [2.24, 2.45) is 0 Å². The first-order valence-electron chi connectivity index (χ1n) is 6.67. The molecule has 108 valence electrons. The van der Waals surface area contributed by atoms with Crippen molar-refractivity contribution in [3.8, 4) is 11.5 Å². The number of benzene rings is 1. The third-order valence-electron chi connectivity index (χ3n) is 3.21. The number of hydrogen-bond donors (Lipinski definition) is 0. The summed E-state index contributed by atoms with van der Waals surface area (Å²) < 4.78 is 16.4. The molecule has 1 aromatic carbocycles. The molecule has 0 N–H and O–H groups in total. The molecule has 0 fully saturated rings. The van der Waals surface area contributed by atoms with Crippen molar-refractivity contribution in [2.45, 2.75) is 12.5 Å². The maximum Gasteiger partial charge on any atom is 0.121 e. The Balaban J connectivity index is 1.87. The molecule has 1 aromatic heterocycles. The van der Waals surface area contributed by atoms with Crippen molar-refractivity contribution < 1.29 is 13.9 Å². The summed E-state index contributed by atoms with van der Waals surface area (Å²) in [4.78, 5) is 2.14. The lowest BCUT2D eigenvalue weighted by molar-refractivity contribution is 0.201. The minimum Gasteiger partial charge on any atom is -0.497 e. The zero-order chi connectivity index (χ0) is 14.4. The average Bonchev–Trinajstić information content (AvgIpc) is 2.97. The van der Waals surface area contributed by atoms with Gasteiger partial charge in [0.1, 0.15) is 17.3 Å². The number of furan rings is 1. The van der Waals surface area contributed by atoms with Crippen LogP contribution in [0.15, 0.2) is 47.1 Å².